The highest BCUT2D eigenvalue weighted by molar-refractivity contribution is 9.10. The van der Waals surface area contributed by atoms with Gasteiger partial charge < -0.3 is 5.32 Å². The van der Waals surface area contributed by atoms with E-state index in [1.54, 1.807) is 6.07 Å². The molecule has 0 saturated carbocycles. The van der Waals surface area contributed by atoms with Gasteiger partial charge in [0, 0.05) is 42.3 Å². The minimum atomic E-state index is -0.144. The van der Waals surface area contributed by atoms with Gasteiger partial charge in [0.1, 0.15) is 5.82 Å². The number of rotatable bonds is 4. The number of nitrogens with one attached hydrogen (secondary N) is 1. The van der Waals surface area contributed by atoms with Gasteiger partial charge in [-0.1, -0.05) is 28.1 Å². The van der Waals surface area contributed by atoms with Crippen LogP contribution in [0.25, 0.3) is 0 Å². The fraction of sp³-hybridized carbons (Fsp3) is 0.429. The fourth-order valence-electron chi connectivity index (χ4n) is 2.43. The molecular formula is C14H20BrCl2FN2. The van der Waals surface area contributed by atoms with Gasteiger partial charge in [0.05, 0.1) is 0 Å². The number of piperazine rings is 1. The molecule has 1 aromatic rings. The zero-order chi connectivity index (χ0) is 13.0. The zero-order valence-corrected chi connectivity index (χ0v) is 14.4. The molecule has 1 aromatic carbocycles. The van der Waals surface area contributed by atoms with Crippen LogP contribution in [0, 0.1) is 5.82 Å². The lowest BCUT2D eigenvalue weighted by Gasteiger charge is -2.35. The van der Waals surface area contributed by atoms with Crippen LogP contribution < -0.4 is 5.32 Å². The molecular weight excluding hydrogens is 366 g/mol. The third-order valence-electron chi connectivity index (χ3n) is 3.32. The number of halogens is 4. The molecule has 1 heterocycles. The van der Waals surface area contributed by atoms with E-state index in [0.717, 1.165) is 42.6 Å². The van der Waals surface area contributed by atoms with Crippen LogP contribution in [-0.2, 0) is 0 Å². The Labute approximate surface area is 140 Å². The van der Waals surface area contributed by atoms with E-state index >= 15 is 0 Å². The van der Waals surface area contributed by atoms with Crippen molar-refractivity contribution in [1.82, 2.24) is 10.2 Å². The Hall–Kier alpha value is -0.130. The molecule has 6 heteroatoms. The molecule has 0 aromatic heterocycles. The topological polar surface area (TPSA) is 15.3 Å². The maximum atomic E-state index is 14.1. The number of hydrogen-bond donors (Lipinski definition) is 1. The summed E-state index contributed by atoms with van der Waals surface area (Å²) in [5, 5.41) is 3.32. The normalized spacial score (nSPS) is 16.7. The van der Waals surface area contributed by atoms with E-state index in [4.69, 9.17) is 0 Å². The highest BCUT2D eigenvalue weighted by Crippen LogP contribution is 2.33. The van der Waals surface area contributed by atoms with Crippen molar-refractivity contribution in [3.8, 4) is 0 Å². The van der Waals surface area contributed by atoms with Gasteiger partial charge in [0.15, 0.2) is 0 Å². The largest absolute Gasteiger partial charge is 0.314 e. The lowest BCUT2D eigenvalue weighted by molar-refractivity contribution is 0.171. The molecule has 20 heavy (non-hydrogen) atoms. The Morgan fingerprint density at radius 2 is 2.00 bits per heavy atom. The second-order valence-electron chi connectivity index (χ2n) is 4.46. The summed E-state index contributed by atoms with van der Waals surface area (Å²) in [6, 6.07) is 5.22. The molecule has 1 saturated heterocycles. The van der Waals surface area contributed by atoms with E-state index in [-0.39, 0.29) is 36.7 Å². The Morgan fingerprint density at radius 3 is 2.55 bits per heavy atom. The maximum Gasteiger partial charge on any atom is 0.129 e. The first kappa shape index (κ1) is 19.9. The van der Waals surface area contributed by atoms with Crippen molar-refractivity contribution in [2.24, 2.45) is 0 Å². The predicted molar refractivity (Wildman–Crippen MR) is 90.6 cm³/mol. The van der Waals surface area contributed by atoms with E-state index in [2.05, 4.69) is 32.7 Å². The van der Waals surface area contributed by atoms with Crippen molar-refractivity contribution >= 4 is 40.7 Å². The van der Waals surface area contributed by atoms with Gasteiger partial charge >= 0.3 is 0 Å². The number of hydrogen-bond acceptors (Lipinski definition) is 2. The maximum absolute atomic E-state index is 14.1. The molecule has 2 nitrogen and oxygen atoms in total. The van der Waals surface area contributed by atoms with Gasteiger partial charge in [-0.2, -0.15) is 0 Å². The molecule has 1 N–H and O–H groups in total. The van der Waals surface area contributed by atoms with Gasteiger partial charge in [0.2, 0.25) is 0 Å². The average Bonchev–Trinajstić information content (AvgIpc) is 2.38. The summed E-state index contributed by atoms with van der Waals surface area (Å²) in [6.45, 7) is 7.60. The Morgan fingerprint density at radius 1 is 1.35 bits per heavy atom. The first-order valence-electron chi connectivity index (χ1n) is 6.23. The van der Waals surface area contributed by atoms with Crippen molar-refractivity contribution in [3.63, 3.8) is 0 Å². The Bertz CT molecular complexity index is 405. The standard InChI is InChI=1S/C14H18BrFN2.2ClH/c1-2-4-13(18-9-7-17-8-10-18)14-11(15)5-3-6-12(14)16;;/h2-3,5-6,13,17H,1,4,7-10H2;2*1H/t13-;;/m1../s1. The van der Waals surface area contributed by atoms with Crippen LogP contribution in [0.2, 0.25) is 0 Å². The molecule has 2 rings (SSSR count). The second kappa shape index (κ2) is 9.74. The minimum Gasteiger partial charge on any atom is -0.314 e. The van der Waals surface area contributed by atoms with E-state index in [9.17, 15) is 4.39 Å². The predicted octanol–water partition coefficient (Wildman–Crippen LogP) is 3.95. The van der Waals surface area contributed by atoms with Crippen LogP contribution >= 0.6 is 40.7 Å². The van der Waals surface area contributed by atoms with Crippen LogP contribution in [0.1, 0.15) is 18.0 Å². The molecule has 0 amide bonds. The summed E-state index contributed by atoms with van der Waals surface area (Å²) < 4.78 is 14.9. The van der Waals surface area contributed by atoms with Crippen molar-refractivity contribution in [2.45, 2.75) is 12.5 Å². The second-order valence-corrected chi connectivity index (χ2v) is 5.32. The summed E-state index contributed by atoms with van der Waals surface area (Å²) in [4.78, 5) is 2.32. The van der Waals surface area contributed by atoms with Crippen LogP contribution in [0.15, 0.2) is 35.3 Å². The van der Waals surface area contributed by atoms with Crippen molar-refractivity contribution in [1.29, 1.82) is 0 Å². The molecule has 1 fully saturated rings. The van der Waals surface area contributed by atoms with Gasteiger partial charge in [-0.05, 0) is 18.6 Å². The zero-order valence-electron chi connectivity index (χ0n) is 11.1. The lowest BCUT2D eigenvalue weighted by Crippen LogP contribution is -2.45. The van der Waals surface area contributed by atoms with Crippen LogP contribution in [-0.4, -0.2) is 31.1 Å². The monoisotopic (exact) mass is 384 g/mol. The first-order chi connectivity index (χ1) is 8.74. The molecule has 114 valence electrons. The van der Waals surface area contributed by atoms with Gasteiger partial charge in [0.25, 0.3) is 0 Å². The van der Waals surface area contributed by atoms with Crippen molar-refractivity contribution in [2.75, 3.05) is 26.2 Å². The van der Waals surface area contributed by atoms with Crippen LogP contribution in [0.3, 0.4) is 0 Å². The molecule has 0 bridgehead atoms. The van der Waals surface area contributed by atoms with Crippen LogP contribution in [0.4, 0.5) is 4.39 Å². The van der Waals surface area contributed by atoms with Gasteiger partial charge in [-0.25, -0.2) is 4.39 Å². The molecule has 1 atom stereocenters. The molecule has 0 radical (unpaired) electrons. The molecule has 0 spiro atoms. The summed E-state index contributed by atoms with van der Waals surface area (Å²) in [6.07, 6.45) is 2.63. The van der Waals surface area contributed by atoms with E-state index in [1.807, 2.05) is 12.1 Å². The van der Waals surface area contributed by atoms with Gasteiger partial charge in [-0.3, -0.25) is 4.90 Å². The quantitative estimate of drug-likeness (QED) is 0.789. The van der Waals surface area contributed by atoms with E-state index in [1.165, 1.54) is 6.07 Å². The Kier molecular flexibility index (Phi) is 9.68. The SMILES string of the molecule is C=CC[C@H](c1c(F)cccc1Br)N1CCNCC1.Cl.Cl. The first-order valence-corrected chi connectivity index (χ1v) is 7.03. The summed E-state index contributed by atoms with van der Waals surface area (Å²) in [5.41, 5.74) is 0.749. The molecule has 1 aliphatic heterocycles. The average molecular weight is 386 g/mol. The molecule has 0 unspecified atom stereocenters. The van der Waals surface area contributed by atoms with Crippen molar-refractivity contribution < 1.29 is 4.39 Å². The molecule has 0 aliphatic carbocycles. The minimum absolute atomic E-state index is 0. The fourth-order valence-corrected chi connectivity index (χ4v) is 3.04. The van der Waals surface area contributed by atoms with Gasteiger partial charge in [-0.15, -0.1) is 31.4 Å². The van der Waals surface area contributed by atoms with Crippen molar-refractivity contribution in [3.05, 3.63) is 46.7 Å². The number of nitrogens with zero attached hydrogens (tertiary/aromatic N) is 1. The van der Waals surface area contributed by atoms with Crippen LogP contribution in [0.5, 0.6) is 0 Å². The highest BCUT2D eigenvalue weighted by Gasteiger charge is 2.25. The third-order valence-corrected chi connectivity index (χ3v) is 4.01. The number of benzene rings is 1. The summed E-state index contributed by atoms with van der Waals surface area (Å²) >= 11 is 3.47. The third kappa shape index (κ3) is 4.71. The summed E-state index contributed by atoms with van der Waals surface area (Å²) in [5.74, 6) is -0.144. The Balaban J connectivity index is 0.00000180. The van der Waals surface area contributed by atoms with E-state index in [0.29, 0.717) is 0 Å². The lowest BCUT2D eigenvalue weighted by atomic mass is 10.0. The van der Waals surface area contributed by atoms with E-state index < -0.39 is 0 Å². The molecule has 1 aliphatic rings. The summed E-state index contributed by atoms with van der Waals surface area (Å²) in [7, 11) is 0. The highest BCUT2D eigenvalue weighted by atomic mass is 79.9. The smallest absolute Gasteiger partial charge is 0.129 e.